The summed E-state index contributed by atoms with van der Waals surface area (Å²) in [6, 6.07) is 19.3. The van der Waals surface area contributed by atoms with E-state index in [-0.39, 0.29) is 0 Å². The largest absolute Gasteiger partial charge is 0.320 e. The van der Waals surface area contributed by atoms with Gasteiger partial charge in [0.05, 0.1) is 17.1 Å². The maximum atomic E-state index is 4.82. The topological polar surface area (TPSA) is 17.8 Å². The third-order valence-corrected chi connectivity index (χ3v) is 3.81. The van der Waals surface area contributed by atoms with Gasteiger partial charge in [-0.25, -0.2) is 4.98 Å². The van der Waals surface area contributed by atoms with Gasteiger partial charge in [0.15, 0.2) is 0 Å². The van der Waals surface area contributed by atoms with E-state index in [4.69, 9.17) is 4.98 Å². The minimum absolute atomic E-state index is 0.293. The predicted octanol–water partition coefficient (Wildman–Crippen LogP) is 4.77. The van der Waals surface area contributed by atoms with Crippen molar-refractivity contribution in [3.63, 3.8) is 0 Å². The SMILES string of the molecule is CC(C)c1nc2ccccc2n1C(C)c1ccccc1. The number of hydrogen-bond acceptors (Lipinski definition) is 1. The molecule has 102 valence electrons. The second kappa shape index (κ2) is 5.12. The molecule has 1 aromatic heterocycles. The van der Waals surface area contributed by atoms with Crippen molar-refractivity contribution in [2.75, 3.05) is 0 Å². The van der Waals surface area contributed by atoms with E-state index in [0.29, 0.717) is 12.0 Å². The third-order valence-electron chi connectivity index (χ3n) is 3.81. The molecule has 0 aliphatic rings. The Bertz CT molecular complexity index is 711. The molecule has 3 aromatic rings. The van der Waals surface area contributed by atoms with Crippen LogP contribution < -0.4 is 0 Å². The first kappa shape index (κ1) is 12.9. The molecular weight excluding hydrogens is 244 g/mol. The number of benzene rings is 2. The molecule has 0 saturated carbocycles. The van der Waals surface area contributed by atoms with Crippen molar-refractivity contribution in [2.24, 2.45) is 0 Å². The lowest BCUT2D eigenvalue weighted by atomic mass is 10.1. The maximum absolute atomic E-state index is 4.82. The van der Waals surface area contributed by atoms with E-state index >= 15 is 0 Å². The maximum Gasteiger partial charge on any atom is 0.113 e. The van der Waals surface area contributed by atoms with Crippen LogP contribution in [0, 0.1) is 0 Å². The van der Waals surface area contributed by atoms with E-state index in [9.17, 15) is 0 Å². The zero-order valence-electron chi connectivity index (χ0n) is 12.2. The smallest absolute Gasteiger partial charge is 0.113 e. The Hall–Kier alpha value is -2.09. The van der Waals surface area contributed by atoms with E-state index < -0.39 is 0 Å². The second-order valence-electron chi connectivity index (χ2n) is 5.57. The molecule has 2 aromatic carbocycles. The Morgan fingerprint density at radius 3 is 2.20 bits per heavy atom. The first-order chi connectivity index (χ1) is 9.68. The highest BCUT2D eigenvalue weighted by Crippen LogP contribution is 2.29. The standard InChI is InChI=1S/C18H20N2/c1-13(2)18-19-16-11-7-8-12-17(16)20(18)14(3)15-9-5-4-6-10-15/h4-14H,1-3H3. The van der Waals surface area contributed by atoms with Crippen molar-refractivity contribution in [3.05, 3.63) is 66.0 Å². The minimum Gasteiger partial charge on any atom is -0.320 e. The molecule has 0 amide bonds. The van der Waals surface area contributed by atoms with Crippen LogP contribution in [0.3, 0.4) is 0 Å². The van der Waals surface area contributed by atoms with E-state index in [1.807, 2.05) is 0 Å². The van der Waals surface area contributed by atoms with Crippen molar-refractivity contribution in [1.82, 2.24) is 9.55 Å². The third kappa shape index (κ3) is 2.11. The monoisotopic (exact) mass is 264 g/mol. The molecule has 1 atom stereocenters. The molecular formula is C18H20N2. The number of para-hydroxylation sites is 2. The predicted molar refractivity (Wildman–Crippen MR) is 84.1 cm³/mol. The van der Waals surface area contributed by atoms with Gasteiger partial charge < -0.3 is 4.57 Å². The van der Waals surface area contributed by atoms with Crippen LogP contribution in [0.15, 0.2) is 54.6 Å². The summed E-state index contributed by atoms with van der Waals surface area (Å²) < 4.78 is 2.37. The van der Waals surface area contributed by atoms with Gasteiger partial charge in [0.2, 0.25) is 0 Å². The lowest BCUT2D eigenvalue weighted by Crippen LogP contribution is -2.11. The average molecular weight is 264 g/mol. The van der Waals surface area contributed by atoms with Gasteiger partial charge >= 0.3 is 0 Å². The molecule has 0 N–H and O–H groups in total. The number of aromatic nitrogens is 2. The molecule has 0 bridgehead atoms. The Morgan fingerprint density at radius 2 is 1.50 bits per heavy atom. The summed E-state index contributed by atoms with van der Waals surface area (Å²) in [7, 11) is 0. The summed E-state index contributed by atoms with van der Waals surface area (Å²) in [6.45, 7) is 6.65. The normalized spacial score (nSPS) is 13.0. The first-order valence-electron chi connectivity index (χ1n) is 7.20. The fourth-order valence-electron chi connectivity index (χ4n) is 2.76. The van der Waals surface area contributed by atoms with Gasteiger partial charge in [-0.05, 0) is 24.6 Å². The fraction of sp³-hybridized carbons (Fsp3) is 0.278. The number of nitrogens with zero attached hydrogens (tertiary/aromatic N) is 2. The summed E-state index contributed by atoms with van der Waals surface area (Å²) >= 11 is 0. The number of fused-ring (bicyclic) bond motifs is 1. The van der Waals surface area contributed by atoms with Gasteiger partial charge in [-0.1, -0.05) is 56.3 Å². The van der Waals surface area contributed by atoms with Gasteiger partial charge in [0, 0.05) is 5.92 Å². The fourth-order valence-corrected chi connectivity index (χ4v) is 2.76. The minimum atomic E-state index is 0.293. The Morgan fingerprint density at radius 1 is 0.850 bits per heavy atom. The molecule has 0 aliphatic carbocycles. The molecule has 3 rings (SSSR count). The van der Waals surface area contributed by atoms with Crippen molar-refractivity contribution in [2.45, 2.75) is 32.7 Å². The highest BCUT2D eigenvalue weighted by atomic mass is 15.1. The van der Waals surface area contributed by atoms with E-state index in [0.717, 1.165) is 11.3 Å². The molecule has 2 nitrogen and oxygen atoms in total. The lowest BCUT2D eigenvalue weighted by Gasteiger charge is -2.19. The van der Waals surface area contributed by atoms with Crippen molar-refractivity contribution in [1.29, 1.82) is 0 Å². The molecule has 1 heterocycles. The van der Waals surface area contributed by atoms with Crippen LogP contribution in [0.2, 0.25) is 0 Å². The Kier molecular flexibility index (Phi) is 3.31. The van der Waals surface area contributed by atoms with E-state index in [1.54, 1.807) is 0 Å². The zero-order valence-corrected chi connectivity index (χ0v) is 12.2. The number of hydrogen-bond donors (Lipinski definition) is 0. The molecule has 0 radical (unpaired) electrons. The summed E-state index contributed by atoms with van der Waals surface area (Å²) in [5.41, 5.74) is 3.61. The number of imidazole rings is 1. The highest BCUT2D eigenvalue weighted by molar-refractivity contribution is 5.76. The molecule has 0 saturated heterocycles. The van der Waals surface area contributed by atoms with Crippen LogP contribution >= 0.6 is 0 Å². The number of rotatable bonds is 3. The van der Waals surface area contributed by atoms with Crippen LogP contribution in [-0.2, 0) is 0 Å². The van der Waals surface area contributed by atoms with Crippen LogP contribution in [0.1, 0.15) is 44.1 Å². The Balaban J connectivity index is 2.21. The Labute approximate surface area is 120 Å². The van der Waals surface area contributed by atoms with E-state index in [1.165, 1.54) is 11.1 Å². The summed E-state index contributed by atoms with van der Waals surface area (Å²) in [4.78, 5) is 4.82. The lowest BCUT2D eigenvalue weighted by molar-refractivity contribution is 0.593. The quantitative estimate of drug-likeness (QED) is 0.666. The average Bonchev–Trinajstić information content (AvgIpc) is 2.87. The molecule has 0 fully saturated rings. The summed E-state index contributed by atoms with van der Waals surface area (Å²) in [6.07, 6.45) is 0. The van der Waals surface area contributed by atoms with Crippen LogP contribution in [0.5, 0.6) is 0 Å². The summed E-state index contributed by atoms with van der Waals surface area (Å²) in [5.74, 6) is 1.57. The van der Waals surface area contributed by atoms with Crippen molar-refractivity contribution >= 4 is 11.0 Å². The molecule has 1 unspecified atom stereocenters. The van der Waals surface area contributed by atoms with Crippen molar-refractivity contribution < 1.29 is 0 Å². The second-order valence-corrected chi connectivity index (χ2v) is 5.57. The molecule has 2 heteroatoms. The van der Waals surface area contributed by atoms with Crippen molar-refractivity contribution in [3.8, 4) is 0 Å². The first-order valence-corrected chi connectivity index (χ1v) is 7.20. The van der Waals surface area contributed by atoms with Crippen LogP contribution in [0.25, 0.3) is 11.0 Å². The van der Waals surface area contributed by atoms with Gasteiger partial charge in [0.25, 0.3) is 0 Å². The molecule has 0 aliphatic heterocycles. The molecule has 20 heavy (non-hydrogen) atoms. The van der Waals surface area contributed by atoms with Crippen LogP contribution in [-0.4, -0.2) is 9.55 Å². The van der Waals surface area contributed by atoms with E-state index in [2.05, 4.69) is 79.9 Å². The molecule has 0 spiro atoms. The van der Waals surface area contributed by atoms with Gasteiger partial charge in [-0.15, -0.1) is 0 Å². The van der Waals surface area contributed by atoms with Gasteiger partial charge in [0.1, 0.15) is 5.82 Å². The highest BCUT2D eigenvalue weighted by Gasteiger charge is 2.18. The van der Waals surface area contributed by atoms with Gasteiger partial charge in [-0.3, -0.25) is 0 Å². The zero-order chi connectivity index (χ0) is 14.1. The summed E-state index contributed by atoms with van der Waals surface area (Å²) in [5, 5.41) is 0. The van der Waals surface area contributed by atoms with Crippen LogP contribution in [0.4, 0.5) is 0 Å². The van der Waals surface area contributed by atoms with Gasteiger partial charge in [-0.2, -0.15) is 0 Å².